The van der Waals surface area contributed by atoms with Crippen LogP contribution in [0.2, 0.25) is 5.02 Å². The van der Waals surface area contributed by atoms with E-state index in [1.807, 2.05) is 22.7 Å². The Morgan fingerprint density at radius 2 is 2.27 bits per heavy atom. The fraction of sp³-hybridized carbons (Fsp3) is 0.364. The molecule has 2 aromatic rings. The molecule has 2 N–H and O–H groups in total. The number of anilines is 1. The summed E-state index contributed by atoms with van der Waals surface area (Å²) in [6, 6.07) is 3.69. The Bertz CT molecular complexity index is 488. The maximum atomic E-state index is 6.04. The lowest BCUT2D eigenvalue weighted by Crippen LogP contribution is -2.00. The molecule has 2 aromatic heterocycles. The van der Waals surface area contributed by atoms with Crippen LogP contribution >= 0.6 is 11.6 Å². The number of fused-ring (bicyclic) bond motifs is 1. The van der Waals surface area contributed by atoms with E-state index in [0.717, 1.165) is 17.8 Å². The summed E-state index contributed by atoms with van der Waals surface area (Å²) in [5.41, 5.74) is 7.67. The van der Waals surface area contributed by atoms with Gasteiger partial charge in [0.25, 0.3) is 0 Å². The minimum Gasteiger partial charge on any atom is -0.383 e. The van der Waals surface area contributed by atoms with E-state index in [0.29, 0.717) is 16.8 Å². The van der Waals surface area contributed by atoms with Crippen LogP contribution in [0.15, 0.2) is 18.3 Å². The van der Waals surface area contributed by atoms with E-state index in [1.165, 1.54) is 0 Å². The highest BCUT2D eigenvalue weighted by molar-refractivity contribution is 6.33. The van der Waals surface area contributed by atoms with Gasteiger partial charge in [0.1, 0.15) is 5.82 Å². The molecule has 0 radical (unpaired) electrons. The third kappa shape index (κ3) is 1.79. The predicted molar refractivity (Wildman–Crippen MR) is 63.2 cm³/mol. The van der Waals surface area contributed by atoms with Crippen molar-refractivity contribution < 1.29 is 0 Å². The van der Waals surface area contributed by atoms with Crippen LogP contribution in [-0.4, -0.2) is 9.38 Å². The third-order valence-corrected chi connectivity index (χ3v) is 2.61. The van der Waals surface area contributed by atoms with Crippen molar-refractivity contribution in [2.24, 2.45) is 5.92 Å². The van der Waals surface area contributed by atoms with Crippen LogP contribution in [0.25, 0.3) is 5.65 Å². The molecule has 0 saturated carbocycles. The highest BCUT2D eigenvalue weighted by atomic mass is 35.5. The average Bonchev–Trinajstić information content (AvgIpc) is 2.46. The molecule has 0 saturated heterocycles. The van der Waals surface area contributed by atoms with Crippen LogP contribution < -0.4 is 5.73 Å². The van der Waals surface area contributed by atoms with E-state index in [2.05, 4.69) is 18.8 Å². The monoisotopic (exact) mass is 223 g/mol. The molecule has 0 aliphatic rings. The van der Waals surface area contributed by atoms with E-state index >= 15 is 0 Å². The smallest absolute Gasteiger partial charge is 0.157 e. The zero-order valence-corrected chi connectivity index (χ0v) is 9.62. The molecular weight excluding hydrogens is 210 g/mol. The normalized spacial score (nSPS) is 11.5. The molecule has 0 unspecified atom stereocenters. The van der Waals surface area contributed by atoms with Crippen molar-refractivity contribution in [3.05, 3.63) is 29.0 Å². The van der Waals surface area contributed by atoms with Crippen molar-refractivity contribution in [3.63, 3.8) is 0 Å². The predicted octanol–water partition coefficient (Wildman–Crippen LogP) is 2.77. The van der Waals surface area contributed by atoms with Gasteiger partial charge in [0.2, 0.25) is 0 Å². The highest BCUT2D eigenvalue weighted by Crippen LogP contribution is 2.23. The molecule has 0 fully saturated rings. The molecule has 2 rings (SSSR count). The van der Waals surface area contributed by atoms with Crippen LogP contribution in [0, 0.1) is 5.92 Å². The number of hydrogen-bond donors (Lipinski definition) is 1. The lowest BCUT2D eigenvalue weighted by Gasteiger charge is -2.01. The van der Waals surface area contributed by atoms with Crippen LogP contribution in [-0.2, 0) is 6.42 Å². The molecule has 0 aliphatic heterocycles. The van der Waals surface area contributed by atoms with Gasteiger partial charge in [0.05, 0.1) is 10.7 Å². The molecule has 80 valence electrons. The largest absolute Gasteiger partial charge is 0.383 e. The molecule has 4 heteroatoms. The Morgan fingerprint density at radius 1 is 1.53 bits per heavy atom. The quantitative estimate of drug-likeness (QED) is 0.851. The van der Waals surface area contributed by atoms with Gasteiger partial charge in [-0.2, -0.15) is 0 Å². The molecule has 0 aliphatic carbocycles. The molecule has 3 nitrogen and oxygen atoms in total. The maximum Gasteiger partial charge on any atom is 0.157 e. The Labute approximate surface area is 93.9 Å². The number of hydrogen-bond acceptors (Lipinski definition) is 2. The van der Waals surface area contributed by atoms with Crippen molar-refractivity contribution in [1.29, 1.82) is 0 Å². The summed E-state index contributed by atoms with van der Waals surface area (Å²) < 4.78 is 1.83. The first-order valence-corrected chi connectivity index (χ1v) is 5.38. The number of nitrogens with two attached hydrogens (primary N) is 1. The second-order valence-electron chi connectivity index (χ2n) is 4.09. The summed E-state index contributed by atoms with van der Waals surface area (Å²) in [7, 11) is 0. The van der Waals surface area contributed by atoms with E-state index in [9.17, 15) is 0 Å². The highest BCUT2D eigenvalue weighted by Gasteiger charge is 2.11. The number of aromatic nitrogens is 2. The molecule has 0 atom stereocenters. The second-order valence-corrected chi connectivity index (χ2v) is 4.50. The molecule has 2 heterocycles. The lowest BCUT2D eigenvalue weighted by atomic mass is 10.1. The van der Waals surface area contributed by atoms with Crippen molar-refractivity contribution >= 4 is 23.1 Å². The summed E-state index contributed by atoms with van der Waals surface area (Å²) >= 11 is 6.04. The SMILES string of the molecule is CC(C)Cc1nc2c(Cl)cccn2c1N. The Balaban J connectivity index is 2.59. The lowest BCUT2D eigenvalue weighted by molar-refractivity contribution is 0.639. The zero-order valence-electron chi connectivity index (χ0n) is 8.87. The molecule has 0 spiro atoms. The molecule has 0 amide bonds. The number of imidazole rings is 1. The van der Waals surface area contributed by atoms with Gasteiger partial charge in [0, 0.05) is 6.20 Å². The number of halogens is 1. The van der Waals surface area contributed by atoms with Gasteiger partial charge in [0.15, 0.2) is 5.65 Å². The van der Waals surface area contributed by atoms with Crippen LogP contribution in [0.1, 0.15) is 19.5 Å². The van der Waals surface area contributed by atoms with Gasteiger partial charge in [-0.05, 0) is 24.5 Å². The van der Waals surface area contributed by atoms with E-state index in [4.69, 9.17) is 17.3 Å². The topological polar surface area (TPSA) is 43.3 Å². The van der Waals surface area contributed by atoms with Gasteiger partial charge in [-0.15, -0.1) is 0 Å². The van der Waals surface area contributed by atoms with E-state index < -0.39 is 0 Å². The van der Waals surface area contributed by atoms with Crippen LogP contribution in [0.3, 0.4) is 0 Å². The molecule has 0 aromatic carbocycles. The summed E-state index contributed by atoms with van der Waals surface area (Å²) in [5, 5.41) is 0.638. The summed E-state index contributed by atoms with van der Waals surface area (Å²) in [5.74, 6) is 1.23. The number of nitrogens with zero attached hydrogens (tertiary/aromatic N) is 2. The third-order valence-electron chi connectivity index (χ3n) is 2.32. The first-order valence-electron chi connectivity index (χ1n) is 5.00. The second kappa shape index (κ2) is 3.74. The summed E-state index contributed by atoms with van der Waals surface area (Å²) in [6.07, 6.45) is 2.76. The zero-order chi connectivity index (χ0) is 11.0. The number of rotatable bonds is 2. The fourth-order valence-corrected chi connectivity index (χ4v) is 1.84. The standard InChI is InChI=1S/C11H14ClN3/c1-7(2)6-9-10(13)15-5-3-4-8(12)11(15)14-9/h3-5,7H,6,13H2,1-2H3. The fourth-order valence-electron chi connectivity index (χ4n) is 1.64. The first-order chi connectivity index (χ1) is 7.09. The van der Waals surface area contributed by atoms with Gasteiger partial charge in [-0.1, -0.05) is 25.4 Å². The minimum atomic E-state index is 0.538. The minimum absolute atomic E-state index is 0.538. The van der Waals surface area contributed by atoms with E-state index in [-0.39, 0.29) is 0 Å². The molecular formula is C11H14ClN3. The molecule has 0 bridgehead atoms. The van der Waals surface area contributed by atoms with Crippen molar-refractivity contribution in [3.8, 4) is 0 Å². The van der Waals surface area contributed by atoms with Gasteiger partial charge < -0.3 is 5.73 Å². The maximum absolute atomic E-state index is 6.04. The summed E-state index contributed by atoms with van der Waals surface area (Å²) in [4.78, 5) is 4.46. The summed E-state index contributed by atoms with van der Waals surface area (Å²) in [6.45, 7) is 4.29. The Hall–Kier alpha value is -1.22. The van der Waals surface area contributed by atoms with Gasteiger partial charge in [-0.25, -0.2) is 4.98 Å². The Morgan fingerprint density at radius 3 is 2.87 bits per heavy atom. The van der Waals surface area contributed by atoms with Gasteiger partial charge >= 0.3 is 0 Å². The van der Waals surface area contributed by atoms with Gasteiger partial charge in [-0.3, -0.25) is 4.40 Å². The number of nitrogen functional groups attached to an aromatic ring is 1. The number of pyridine rings is 1. The van der Waals surface area contributed by atoms with Crippen LogP contribution in [0.4, 0.5) is 5.82 Å². The van der Waals surface area contributed by atoms with Crippen molar-refractivity contribution in [1.82, 2.24) is 9.38 Å². The van der Waals surface area contributed by atoms with Crippen molar-refractivity contribution in [2.75, 3.05) is 5.73 Å². The average molecular weight is 224 g/mol. The molecule has 15 heavy (non-hydrogen) atoms. The van der Waals surface area contributed by atoms with E-state index in [1.54, 1.807) is 0 Å². The van der Waals surface area contributed by atoms with Crippen molar-refractivity contribution in [2.45, 2.75) is 20.3 Å². The Kier molecular flexibility index (Phi) is 2.57. The first kappa shape index (κ1) is 10.3. The van der Waals surface area contributed by atoms with Crippen LogP contribution in [0.5, 0.6) is 0 Å².